The molecule has 0 saturated heterocycles. The van der Waals surface area contributed by atoms with E-state index >= 15 is 0 Å². The second-order valence-corrected chi connectivity index (χ2v) is 5.33. The van der Waals surface area contributed by atoms with Crippen LogP contribution >= 0.6 is 0 Å². The van der Waals surface area contributed by atoms with Gasteiger partial charge in [0, 0.05) is 6.07 Å². The SMILES string of the molecule is Cc1c(C(=O)Nc2ccccc2OC(F)(F)F)cnn1-c1ccc(=O)[nH]n1. The molecular formula is C16H12F3N5O3. The Morgan fingerprint density at radius 3 is 2.63 bits per heavy atom. The van der Waals surface area contributed by atoms with E-state index in [4.69, 9.17) is 0 Å². The number of halogens is 3. The molecule has 3 aromatic rings. The minimum Gasteiger partial charge on any atom is -0.404 e. The van der Waals surface area contributed by atoms with E-state index in [-0.39, 0.29) is 17.1 Å². The molecule has 11 heteroatoms. The highest BCUT2D eigenvalue weighted by Crippen LogP contribution is 2.30. The summed E-state index contributed by atoms with van der Waals surface area (Å²) in [6.07, 6.45) is -3.65. The van der Waals surface area contributed by atoms with Gasteiger partial charge < -0.3 is 10.1 Å². The maximum atomic E-state index is 12.5. The standard InChI is InChI=1S/C16H12F3N5O3/c1-9-10(8-20-24(9)13-6-7-14(25)23-22-13)15(26)21-11-4-2-3-5-12(11)27-16(17,18)19/h2-8H,1H3,(H,21,26)(H,23,25). The first-order valence-corrected chi connectivity index (χ1v) is 7.51. The second-order valence-electron chi connectivity index (χ2n) is 5.33. The first-order valence-electron chi connectivity index (χ1n) is 7.51. The summed E-state index contributed by atoms with van der Waals surface area (Å²) in [6.45, 7) is 1.58. The monoisotopic (exact) mass is 379 g/mol. The van der Waals surface area contributed by atoms with Gasteiger partial charge in [-0.15, -0.1) is 13.2 Å². The van der Waals surface area contributed by atoms with Gasteiger partial charge in [-0.05, 0) is 25.1 Å². The predicted octanol–water partition coefficient (Wildman–Crippen LogP) is 2.41. The van der Waals surface area contributed by atoms with Crippen molar-refractivity contribution in [3.8, 4) is 11.6 Å². The van der Waals surface area contributed by atoms with Crippen molar-refractivity contribution in [2.75, 3.05) is 5.32 Å². The average Bonchev–Trinajstić information content (AvgIpc) is 2.98. The number of benzene rings is 1. The van der Waals surface area contributed by atoms with Gasteiger partial charge in [-0.1, -0.05) is 12.1 Å². The number of hydrogen-bond donors (Lipinski definition) is 2. The molecule has 8 nitrogen and oxygen atoms in total. The lowest BCUT2D eigenvalue weighted by Crippen LogP contribution is -2.20. The normalized spacial score (nSPS) is 11.3. The van der Waals surface area contributed by atoms with Gasteiger partial charge in [-0.3, -0.25) is 9.59 Å². The molecule has 0 aliphatic rings. The zero-order valence-electron chi connectivity index (χ0n) is 13.7. The number of nitrogens with zero attached hydrogens (tertiary/aromatic N) is 3. The summed E-state index contributed by atoms with van der Waals surface area (Å²) in [6, 6.07) is 7.83. The van der Waals surface area contributed by atoms with Crippen LogP contribution in [-0.4, -0.2) is 32.2 Å². The number of amides is 1. The van der Waals surface area contributed by atoms with Crippen LogP contribution in [0.3, 0.4) is 0 Å². The van der Waals surface area contributed by atoms with Crippen LogP contribution in [0.2, 0.25) is 0 Å². The zero-order chi connectivity index (χ0) is 19.6. The first kappa shape index (κ1) is 18.2. The van der Waals surface area contributed by atoms with E-state index in [1.807, 2.05) is 0 Å². The Balaban J connectivity index is 1.86. The topological polar surface area (TPSA) is 102 Å². The van der Waals surface area contributed by atoms with E-state index in [2.05, 4.69) is 25.3 Å². The van der Waals surface area contributed by atoms with E-state index in [1.54, 1.807) is 6.92 Å². The number of alkyl halides is 3. The molecule has 140 valence electrons. The fourth-order valence-electron chi connectivity index (χ4n) is 2.29. The summed E-state index contributed by atoms with van der Waals surface area (Å²) in [5.41, 5.74) is -0.0528. The van der Waals surface area contributed by atoms with Crippen LogP contribution in [0.1, 0.15) is 16.1 Å². The second kappa shape index (κ2) is 6.94. The minimum atomic E-state index is -4.89. The van der Waals surface area contributed by atoms with Crippen LogP contribution in [0.5, 0.6) is 5.75 Å². The van der Waals surface area contributed by atoms with Gasteiger partial charge in [0.05, 0.1) is 23.1 Å². The molecule has 0 atom stereocenters. The number of hydrogen-bond acceptors (Lipinski definition) is 5. The minimum absolute atomic E-state index is 0.116. The molecule has 0 aliphatic carbocycles. The van der Waals surface area contributed by atoms with Crippen molar-refractivity contribution in [1.82, 2.24) is 20.0 Å². The van der Waals surface area contributed by atoms with E-state index < -0.39 is 23.6 Å². The third kappa shape index (κ3) is 4.14. The maximum Gasteiger partial charge on any atom is 0.573 e. The van der Waals surface area contributed by atoms with Gasteiger partial charge in [0.15, 0.2) is 11.6 Å². The Kier molecular flexibility index (Phi) is 4.67. The molecule has 0 unspecified atom stereocenters. The highest BCUT2D eigenvalue weighted by atomic mass is 19.4. The average molecular weight is 379 g/mol. The summed E-state index contributed by atoms with van der Waals surface area (Å²) in [4.78, 5) is 23.6. The molecule has 0 aliphatic heterocycles. The highest BCUT2D eigenvalue weighted by Gasteiger charge is 2.32. The Bertz CT molecular complexity index is 1020. The molecule has 0 fully saturated rings. The van der Waals surface area contributed by atoms with Crippen LogP contribution in [-0.2, 0) is 0 Å². The van der Waals surface area contributed by atoms with E-state index in [0.29, 0.717) is 5.69 Å². The van der Waals surface area contributed by atoms with Gasteiger partial charge in [-0.25, -0.2) is 9.78 Å². The third-order valence-electron chi connectivity index (χ3n) is 3.50. The van der Waals surface area contributed by atoms with Gasteiger partial charge in [-0.2, -0.15) is 10.2 Å². The molecule has 0 saturated carbocycles. The van der Waals surface area contributed by atoms with E-state index in [0.717, 1.165) is 6.07 Å². The summed E-state index contributed by atoms with van der Waals surface area (Å²) in [5.74, 6) is -0.945. The lowest BCUT2D eigenvalue weighted by Gasteiger charge is -2.13. The molecular weight excluding hydrogens is 367 g/mol. The molecule has 0 radical (unpaired) electrons. The highest BCUT2D eigenvalue weighted by molar-refractivity contribution is 6.05. The molecule has 1 aromatic carbocycles. The summed E-state index contributed by atoms with van der Waals surface area (Å²) < 4.78 is 42.7. The van der Waals surface area contributed by atoms with Crippen molar-refractivity contribution < 1.29 is 22.7 Å². The summed E-state index contributed by atoms with van der Waals surface area (Å²) >= 11 is 0. The molecule has 3 rings (SSSR count). The van der Waals surface area contributed by atoms with E-state index in [9.17, 15) is 22.8 Å². The molecule has 1 amide bonds. The van der Waals surface area contributed by atoms with Crippen LogP contribution in [0, 0.1) is 6.92 Å². The molecule has 2 heterocycles. The number of rotatable bonds is 4. The molecule has 0 spiro atoms. The number of carbonyl (C=O) groups excluding carboxylic acids is 1. The number of anilines is 1. The smallest absolute Gasteiger partial charge is 0.404 e. The lowest BCUT2D eigenvalue weighted by atomic mass is 10.2. The Labute approximate surface area is 149 Å². The predicted molar refractivity (Wildman–Crippen MR) is 87.8 cm³/mol. The molecule has 2 aromatic heterocycles. The van der Waals surface area contributed by atoms with Crippen molar-refractivity contribution in [2.45, 2.75) is 13.3 Å². The van der Waals surface area contributed by atoms with Gasteiger partial charge in [0.25, 0.3) is 11.5 Å². The van der Waals surface area contributed by atoms with Crippen molar-refractivity contribution in [1.29, 1.82) is 0 Å². The largest absolute Gasteiger partial charge is 0.573 e. The fraction of sp³-hybridized carbons (Fsp3) is 0.125. The van der Waals surface area contributed by atoms with E-state index in [1.165, 1.54) is 41.2 Å². The van der Waals surface area contributed by atoms with Crippen molar-refractivity contribution >= 4 is 11.6 Å². The van der Waals surface area contributed by atoms with Crippen LogP contribution in [0.15, 0.2) is 47.4 Å². The maximum absolute atomic E-state index is 12.5. The number of nitrogens with one attached hydrogen (secondary N) is 2. The van der Waals surface area contributed by atoms with Crippen molar-refractivity contribution in [3.05, 3.63) is 64.2 Å². The number of ether oxygens (including phenoxy) is 1. The zero-order valence-corrected chi connectivity index (χ0v) is 13.7. The fourth-order valence-corrected chi connectivity index (χ4v) is 2.29. The molecule has 2 N–H and O–H groups in total. The number of para-hydroxylation sites is 2. The van der Waals surface area contributed by atoms with Crippen molar-refractivity contribution in [2.24, 2.45) is 0 Å². The van der Waals surface area contributed by atoms with Gasteiger partial charge in [0.2, 0.25) is 0 Å². The van der Waals surface area contributed by atoms with Gasteiger partial charge in [0.1, 0.15) is 0 Å². The Morgan fingerprint density at radius 1 is 1.22 bits per heavy atom. The number of aromatic amines is 1. The van der Waals surface area contributed by atoms with Crippen LogP contribution in [0.25, 0.3) is 5.82 Å². The number of aromatic nitrogens is 4. The molecule has 27 heavy (non-hydrogen) atoms. The van der Waals surface area contributed by atoms with Crippen LogP contribution < -0.4 is 15.6 Å². The van der Waals surface area contributed by atoms with Crippen LogP contribution in [0.4, 0.5) is 18.9 Å². The summed E-state index contributed by atoms with van der Waals surface area (Å²) in [5, 5.41) is 12.4. The van der Waals surface area contributed by atoms with Gasteiger partial charge >= 0.3 is 6.36 Å². The number of H-pyrrole nitrogens is 1. The Morgan fingerprint density at radius 2 is 1.96 bits per heavy atom. The van der Waals surface area contributed by atoms with Crippen molar-refractivity contribution in [3.63, 3.8) is 0 Å². The lowest BCUT2D eigenvalue weighted by molar-refractivity contribution is -0.274. The first-order chi connectivity index (χ1) is 12.7. The Hall–Kier alpha value is -3.63. The summed E-state index contributed by atoms with van der Waals surface area (Å²) in [7, 11) is 0. The number of carbonyl (C=O) groups is 1. The molecule has 0 bridgehead atoms. The quantitative estimate of drug-likeness (QED) is 0.725. The third-order valence-corrected chi connectivity index (χ3v) is 3.50.